The van der Waals surface area contributed by atoms with Crippen LogP contribution in [0.1, 0.15) is 22.7 Å². The third-order valence-electron chi connectivity index (χ3n) is 2.84. The molecule has 2 rings (SSSR count). The standard InChI is InChI=1S/C13H15ClN4/c1-9-2-3-10(12(14)6-9)7-13(18-15)11-4-5-16-17-8-11/h2-6,8,13,18H,7,15H2,1H3. The molecule has 3 N–H and O–H groups in total. The molecule has 5 heteroatoms. The molecule has 0 amide bonds. The van der Waals surface area contributed by atoms with Gasteiger partial charge in [-0.15, -0.1) is 0 Å². The maximum atomic E-state index is 6.22. The Morgan fingerprint density at radius 3 is 2.78 bits per heavy atom. The van der Waals surface area contributed by atoms with Gasteiger partial charge in [-0.25, -0.2) is 0 Å². The number of hydrogen-bond acceptors (Lipinski definition) is 4. The monoisotopic (exact) mass is 262 g/mol. The second kappa shape index (κ2) is 5.91. The van der Waals surface area contributed by atoms with Crippen LogP contribution in [0.25, 0.3) is 0 Å². The zero-order valence-corrected chi connectivity index (χ0v) is 10.9. The van der Waals surface area contributed by atoms with Gasteiger partial charge in [-0.05, 0) is 42.2 Å². The summed E-state index contributed by atoms with van der Waals surface area (Å²) in [5, 5.41) is 8.37. The lowest BCUT2D eigenvalue weighted by Crippen LogP contribution is -2.29. The van der Waals surface area contributed by atoms with E-state index in [0.29, 0.717) is 6.42 Å². The third kappa shape index (κ3) is 3.04. The van der Waals surface area contributed by atoms with Crippen molar-refractivity contribution < 1.29 is 0 Å². The molecule has 1 heterocycles. The SMILES string of the molecule is Cc1ccc(CC(NN)c2ccnnc2)c(Cl)c1. The lowest BCUT2D eigenvalue weighted by molar-refractivity contribution is 0.549. The minimum Gasteiger partial charge on any atom is -0.271 e. The summed E-state index contributed by atoms with van der Waals surface area (Å²) in [4.78, 5) is 0. The highest BCUT2D eigenvalue weighted by Crippen LogP contribution is 2.23. The van der Waals surface area contributed by atoms with E-state index in [2.05, 4.69) is 15.6 Å². The molecular formula is C13H15ClN4. The second-order valence-electron chi connectivity index (χ2n) is 4.19. The van der Waals surface area contributed by atoms with Crippen LogP contribution in [0, 0.1) is 6.92 Å². The van der Waals surface area contributed by atoms with Crippen molar-refractivity contribution in [3.05, 3.63) is 58.4 Å². The molecule has 0 fully saturated rings. The molecule has 0 saturated heterocycles. The van der Waals surface area contributed by atoms with Crippen LogP contribution in [-0.4, -0.2) is 10.2 Å². The van der Waals surface area contributed by atoms with E-state index < -0.39 is 0 Å². The molecule has 0 aliphatic heterocycles. The molecule has 0 saturated carbocycles. The molecule has 94 valence electrons. The highest BCUT2D eigenvalue weighted by Gasteiger charge is 2.12. The summed E-state index contributed by atoms with van der Waals surface area (Å²) >= 11 is 6.22. The van der Waals surface area contributed by atoms with Crippen molar-refractivity contribution in [2.45, 2.75) is 19.4 Å². The first-order chi connectivity index (χ1) is 8.70. The highest BCUT2D eigenvalue weighted by molar-refractivity contribution is 6.31. The van der Waals surface area contributed by atoms with Gasteiger partial charge >= 0.3 is 0 Å². The summed E-state index contributed by atoms with van der Waals surface area (Å²) in [6, 6.07) is 7.88. The molecule has 4 nitrogen and oxygen atoms in total. The van der Waals surface area contributed by atoms with Crippen molar-refractivity contribution in [3.63, 3.8) is 0 Å². The van der Waals surface area contributed by atoms with E-state index in [4.69, 9.17) is 17.4 Å². The van der Waals surface area contributed by atoms with E-state index in [0.717, 1.165) is 21.7 Å². The number of hydrogen-bond donors (Lipinski definition) is 2. The van der Waals surface area contributed by atoms with Gasteiger partial charge in [-0.2, -0.15) is 10.2 Å². The Morgan fingerprint density at radius 2 is 2.17 bits per heavy atom. The number of nitrogens with two attached hydrogens (primary N) is 1. The fraction of sp³-hybridized carbons (Fsp3) is 0.231. The summed E-state index contributed by atoms with van der Waals surface area (Å²) in [5.41, 5.74) is 5.97. The number of benzene rings is 1. The Kier molecular flexibility index (Phi) is 4.25. The van der Waals surface area contributed by atoms with Crippen LogP contribution < -0.4 is 11.3 Å². The van der Waals surface area contributed by atoms with Crippen LogP contribution in [0.2, 0.25) is 5.02 Å². The predicted molar refractivity (Wildman–Crippen MR) is 72.0 cm³/mol. The first-order valence-corrected chi connectivity index (χ1v) is 6.06. The second-order valence-corrected chi connectivity index (χ2v) is 4.60. The normalized spacial score (nSPS) is 12.4. The van der Waals surface area contributed by atoms with Crippen molar-refractivity contribution in [2.24, 2.45) is 5.84 Å². The molecule has 0 aliphatic rings. The quantitative estimate of drug-likeness (QED) is 0.655. The topological polar surface area (TPSA) is 63.8 Å². The minimum atomic E-state index is -0.0271. The molecule has 2 aromatic rings. The summed E-state index contributed by atoms with van der Waals surface area (Å²) < 4.78 is 0. The van der Waals surface area contributed by atoms with Crippen LogP contribution in [0.3, 0.4) is 0 Å². The van der Waals surface area contributed by atoms with Gasteiger partial charge in [0.15, 0.2) is 0 Å². The lowest BCUT2D eigenvalue weighted by atomic mass is 10.0. The summed E-state index contributed by atoms with van der Waals surface area (Å²) in [6.07, 6.45) is 4.06. The van der Waals surface area contributed by atoms with Crippen molar-refractivity contribution >= 4 is 11.6 Å². The van der Waals surface area contributed by atoms with Gasteiger partial charge in [0.1, 0.15) is 0 Å². The van der Waals surface area contributed by atoms with E-state index in [1.165, 1.54) is 0 Å². The van der Waals surface area contributed by atoms with E-state index in [-0.39, 0.29) is 6.04 Å². The number of aromatic nitrogens is 2. The largest absolute Gasteiger partial charge is 0.271 e. The van der Waals surface area contributed by atoms with E-state index in [1.807, 2.05) is 31.2 Å². The first-order valence-electron chi connectivity index (χ1n) is 5.68. The third-order valence-corrected chi connectivity index (χ3v) is 3.20. The molecule has 0 radical (unpaired) electrons. The zero-order valence-electron chi connectivity index (χ0n) is 10.1. The minimum absolute atomic E-state index is 0.0271. The van der Waals surface area contributed by atoms with Gasteiger partial charge in [0.05, 0.1) is 12.2 Å². The smallest absolute Gasteiger partial charge is 0.0544 e. The Labute approximate surface area is 111 Å². The predicted octanol–water partition coefficient (Wildman–Crippen LogP) is 2.19. The van der Waals surface area contributed by atoms with Crippen molar-refractivity contribution in [3.8, 4) is 0 Å². The Hall–Kier alpha value is -1.49. The van der Waals surface area contributed by atoms with Crippen molar-refractivity contribution in [1.29, 1.82) is 0 Å². The van der Waals surface area contributed by atoms with E-state index >= 15 is 0 Å². The lowest BCUT2D eigenvalue weighted by Gasteiger charge is -2.16. The van der Waals surface area contributed by atoms with Gasteiger partial charge in [0.2, 0.25) is 0 Å². The van der Waals surface area contributed by atoms with Crippen molar-refractivity contribution in [2.75, 3.05) is 0 Å². The maximum Gasteiger partial charge on any atom is 0.0544 e. The molecule has 18 heavy (non-hydrogen) atoms. The van der Waals surface area contributed by atoms with Crippen LogP contribution in [0.15, 0.2) is 36.7 Å². The average molecular weight is 263 g/mol. The molecule has 1 atom stereocenters. The average Bonchev–Trinajstić information content (AvgIpc) is 2.39. The van der Waals surface area contributed by atoms with Crippen LogP contribution in [0.5, 0.6) is 0 Å². The van der Waals surface area contributed by atoms with Gasteiger partial charge in [-0.1, -0.05) is 23.7 Å². The molecule has 1 aromatic heterocycles. The Balaban J connectivity index is 2.21. The molecule has 1 aromatic carbocycles. The van der Waals surface area contributed by atoms with Gasteiger partial charge < -0.3 is 0 Å². The van der Waals surface area contributed by atoms with Crippen molar-refractivity contribution in [1.82, 2.24) is 15.6 Å². The maximum absolute atomic E-state index is 6.22. The highest BCUT2D eigenvalue weighted by atomic mass is 35.5. The summed E-state index contributed by atoms with van der Waals surface area (Å²) in [6.45, 7) is 2.01. The molecular weight excluding hydrogens is 248 g/mol. The van der Waals surface area contributed by atoms with Gasteiger partial charge in [-0.3, -0.25) is 11.3 Å². The number of halogens is 1. The number of hydrazine groups is 1. The van der Waals surface area contributed by atoms with Crippen LogP contribution in [0.4, 0.5) is 0 Å². The molecule has 0 spiro atoms. The first kappa shape index (κ1) is 13.0. The molecule has 1 unspecified atom stereocenters. The number of nitrogens with zero attached hydrogens (tertiary/aromatic N) is 2. The number of aryl methyl sites for hydroxylation is 1. The summed E-state index contributed by atoms with van der Waals surface area (Å²) in [5.74, 6) is 5.59. The van der Waals surface area contributed by atoms with E-state index in [1.54, 1.807) is 12.4 Å². The van der Waals surface area contributed by atoms with E-state index in [9.17, 15) is 0 Å². The van der Waals surface area contributed by atoms with Crippen LogP contribution >= 0.6 is 11.6 Å². The Bertz CT molecular complexity index is 516. The fourth-order valence-corrected chi connectivity index (χ4v) is 2.13. The summed E-state index contributed by atoms with van der Waals surface area (Å²) in [7, 11) is 0. The molecule has 0 aliphatic carbocycles. The zero-order chi connectivity index (χ0) is 13.0. The molecule has 0 bridgehead atoms. The van der Waals surface area contributed by atoms with Crippen LogP contribution in [-0.2, 0) is 6.42 Å². The number of nitrogens with one attached hydrogen (secondary N) is 1. The van der Waals surface area contributed by atoms with Gasteiger partial charge in [0.25, 0.3) is 0 Å². The number of rotatable bonds is 4. The fourth-order valence-electron chi connectivity index (χ4n) is 1.82. The van der Waals surface area contributed by atoms with Gasteiger partial charge in [0, 0.05) is 11.2 Å². The Morgan fingerprint density at radius 1 is 1.33 bits per heavy atom.